The topological polar surface area (TPSA) is 32.3 Å². The summed E-state index contributed by atoms with van der Waals surface area (Å²) in [7, 11) is 0. The van der Waals surface area contributed by atoms with Crippen LogP contribution in [0.15, 0.2) is 0 Å². The number of amides is 1. The molecule has 1 fully saturated rings. The van der Waals surface area contributed by atoms with Gasteiger partial charge in [0, 0.05) is 19.1 Å². The third-order valence-corrected chi connectivity index (χ3v) is 2.88. The van der Waals surface area contributed by atoms with Crippen molar-refractivity contribution in [3.8, 4) is 0 Å². The summed E-state index contributed by atoms with van der Waals surface area (Å²) in [5.74, 6) is 1.10. The van der Waals surface area contributed by atoms with Gasteiger partial charge in [0.15, 0.2) is 0 Å². The summed E-state index contributed by atoms with van der Waals surface area (Å²) >= 11 is 0. The van der Waals surface area contributed by atoms with E-state index < -0.39 is 0 Å². The Morgan fingerprint density at radius 3 is 2.38 bits per heavy atom. The smallest absolute Gasteiger partial charge is 0.227 e. The highest BCUT2D eigenvalue weighted by molar-refractivity contribution is 5.85. The standard InChI is InChI=1S/C12H24N2O.ClH/c1-9(2)8-14(10(3)4)12(15)11-5-6-13-7-11;/h9-11,13H,5-8H2,1-4H3;1H/t11-;/m0./s1. The maximum Gasteiger partial charge on any atom is 0.227 e. The summed E-state index contributed by atoms with van der Waals surface area (Å²) in [4.78, 5) is 14.2. The molecule has 1 N–H and O–H groups in total. The van der Waals surface area contributed by atoms with Crippen LogP contribution in [0.25, 0.3) is 0 Å². The molecule has 1 rings (SSSR count). The molecule has 1 aliphatic rings. The molecular formula is C12H25ClN2O. The van der Waals surface area contributed by atoms with Gasteiger partial charge in [0.25, 0.3) is 0 Å². The Bertz CT molecular complexity index is 213. The first-order chi connectivity index (χ1) is 7.02. The van der Waals surface area contributed by atoms with Crippen molar-refractivity contribution < 1.29 is 4.79 Å². The molecule has 0 aromatic rings. The zero-order chi connectivity index (χ0) is 11.4. The van der Waals surface area contributed by atoms with Crippen LogP contribution in [0.5, 0.6) is 0 Å². The molecule has 0 bridgehead atoms. The van der Waals surface area contributed by atoms with Crippen molar-refractivity contribution in [2.75, 3.05) is 19.6 Å². The average Bonchev–Trinajstić information content (AvgIpc) is 2.65. The van der Waals surface area contributed by atoms with E-state index in [-0.39, 0.29) is 18.3 Å². The maximum atomic E-state index is 12.2. The lowest BCUT2D eigenvalue weighted by molar-refractivity contribution is -0.137. The summed E-state index contributed by atoms with van der Waals surface area (Å²) in [6, 6.07) is 0.320. The van der Waals surface area contributed by atoms with E-state index in [4.69, 9.17) is 0 Å². The van der Waals surface area contributed by atoms with Crippen LogP contribution in [0.4, 0.5) is 0 Å². The third-order valence-electron chi connectivity index (χ3n) is 2.88. The second kappa shape index (κ2) is 7.13. The summed E-state index contributed by atoms with van der Waals surface area (Å²) in [6.07, 6.45) is 1.00. The molecule has 0 saturated carbocycles. The summed E-state index contributed by atoms with van der Waals surface area (Å²) in [5, 5.41) is 3.25. The minimum atomic E-state index is 0. The molecule has 0 aliphatic carbocycles. The number of carbonyl (C=O) groups is 1. The van der Waals surface area contributed by atoms with Crippen molar-refractivity contribution >= 4 is 18.3 Å². The van der Waals surface area contributed by atoms with Gasteiger partial charge >= 0.3 is 0 Å². The van der Waals surface area contributed by atoms with Gasteiger partial charge in [-0.3, -0.25) is 4.79 Å². The molecule has 1 aliphatic heterocycles. The van der Waals surface area contributed by atoms with Crippen LogP contribution in [0.1, 0.15) is 34.1 Å². The van der Waals surface area contributed by atoms with Gasteiger partial charge in [-0.25, -0.2) is 0 Å². The number of nitrogens with zero attached hydrogens (tertiary/aromatic N) is 1. The van der Waals surface area contributed by atoms with Gasteiger partial charge in [-0.15, -0.1) is 12.4 Å². The molecule has 1 atom stereocenters. The largest absolute Gasteiger partial charge is 0.340 e. The molecule has 1 amide bonds. The predicted molar refractivity (Wildman–Crippen MR) is 69.9 cm³/mol. The van der Waals surface area contributed by atoms with Crippen LogP contribution in [0.3, 0.4) is 0 Å². The van der Waals surface area contributed by atoms with Crippen molar-refractivity contribution in [1.29, 1.82) is 0 Å². The van der Waals surface area contributed by atoms with Crippen LogP contribution in [0.2, 0.25) is 0 Å². The monoisotopic (exact) mass is 248 g/mol. The van der Waals surface area contributed by atoms with E-state index in [1.165, 1.54) is 0 Å². The predicted octanol–water partition coefficient (Wildman–Crippen LogP) is 1.91. The summed E-state index contributed by atoms with van der Waals surface area (Å²) in [5.41, 5.74) is 0. The highest BCUT2D eigenvalue weighted by atomic mass is 35.5. The van der Waals surface area contributed by atoms with E-state index in [1.54, 1.807) is 0 Å². The first-order valence-corrected chi connectivity index (χ1v) is 6.03. The second-order valence-electron chi connectivity index (χ2n) is 5.17. The van der Waals surface area contributed by atoms with Crippen LogP contribution >= 0.6 is 12.4 Å². The first kappa shape index (κ1) is 15.7. The highest BCUT2D eigenvalue weighted by Gasteiger charge is 2.28. The van der Waals surface area contributed by atoms with E-state index in [0.29, 0.717) is 17.9 Å². The average molecular weight is 249 g/mol. The summed E-state index contributed by atoms with van der Waals surface area (Å²) in [6.45, 7) is 11.3. The van der Waals surface area contributed by atoms with Crippen molar-refractivity contribution in [1.82, 2.24) is 10.2 Å². The van der Waals surface area contributed by atoms with E-state index >= 15 is 0 Å². The fourth-order valence-corrected chi connectivity index (χ4v) is 2.05. The van der Waals surface area contributed by atoms with Crippen LogP contribution in [0, 0.1) is 11.8 Å². The Kier molecular flexibility index (Phi) is 7.00. The molecule has 96 valence electrons. The van der Waals surface area contributed by atoms with Gasteiger partial charge in [0.1, 0.15) is 0 Å². The molecular weight excluding hydrogens is 224 g/mol. The fraction of sp³-hybridized carbons (Fsp3) is 0.917. The van der Waals surface area contributed by atoms with E-state index in [2.05, 4.69) is 33.0 Å². The van der Waals surface area contributed by atoms with Gasteiger partial charge in [-0.05, 0) is 32.7 Å². The molecule has 4 heteroatoms. The molecule has 0 aromatic carbocycles. The second-order valence-corrected chi connectivity index (χ2v) is 5.17. The molecule has 0 radical (unpaired) electrons. The van der Waals surface area contributed by atoms with Crippen molar-refractivity contribution in [2.24, 2.45) is 11.8 Å². The molecule has 0 unspecified atom stereocenters. The van der Waals surface area contributed by atoms with Gasteiger partial charge < -0.3 is 10.2 Å². The number of halogens is 1. The van der Waals surface area contributed by atoms with Crippen molar-refractivity contribution in [3.63, 3.8) is 0 Å². The number of rotatable bonds is 4. The Hall–Kier alpha value is -0.280. The third kappa shape index (κ3) is 4.30. The van der Waals surface area contributed by atoms with Crippen LogP contribution in [-0.4, -0.2) is 36.5 Å². The Labute approximate surface area is 105 Å². The lowest BCUT2D eigenvalue weighted by atomic mass is 10.0. The zero-order valence-corrected chi connectivity index (χ0v) is 11.6. The lowest BCUT2D eigenvalue weighted by Crippen LogP contribution is -2.43. The number of hydrogen-bond donors (Lipinski definition) is 1. The number of nitrogens with one attached hydrogen (secondary N) is 1. The molecule has 1 heterocycles. The minimum Gasteiger partial charge on any atom is -0.340 e. The van der Waals surface area contributed by atoms with E-state index in [0.717, 1.165) is 26.1 Å². The molecule has 0 aromatic heterocycles. The zero-order valence-electron chi connectivity index (χ0n) is 10.8. The van der Waals surface area contributed by atoms with Gasteiger partial charge in [-0.2, -0.15) is 0 Å². The first-order valence-electron chi connectivity index (χ1n) is 6.03. The van der Waals surface area contributed by atoms with E-state index in [1.807, 2.05) is 4.90 Å². The van der Waals surface area contributed by atoms with E-state index in [9.17, 15) is 4.79 Å². The molecule has 0 spiro atoms. The quantitative estimate of drug-likeness (QED) is 0.825. The minimum absolute atomic E-state index is 0. The number of carbonyl (C=O) groups excluding carboxylic acids is 1. The van der Waals surface area contributed by atoms with Gasteiger partial charge in [-0.1, -0.05) is 13.8 Å². The Balaban J connectivity index is 0.00000225. The molecule has 16 heavy (non-hydrogen) atoms. The van der Waals surface area contributed by atoms with Gasteiger partial charge in [0.05, 0.1) is 5.92 Å². The van der Waals surface area contributed by atoms with Crippen LogP contribution < -0.4 is 5.32 Å². The molecule has 1 saturated heterocycles. The van der Waals surface area contributed by atoms with Gasteiger partial charge in [0.2, 0.25) is 5.91 Å². The summed E-state index contributed by atoms with van der Waals surface area (Å²) < 4.78 is 0. The number of hydrogen-bond acceptors (Lipinski definition) is 2. The normalized spacial score (nSPS) is 20.0. The van der Waals surface area contributed by atoms with Crippen LogP contribution in [-0.2, 0) is 4.79 Å². The Morgan fingerprint density at radius 1 is 1.38 bits per heavy atom. The lowest BCUT2D eigenvalue weighted by Gasteiger charge is -2.30. The Morgan fingerprint density at radius 2 is 2.00 bits per heavy atom. The fourth-order valence-electron chi connectivity index (χ4n) is 2.05. The maximum absolute atomic E-state index is 12.2. The SMILES string of the molecule is CC(C)CN(C(=O)[C@H]1CCNC1)C(C)C.Cl. The van der Waals surface area contributed by atoms with Crippen molar-refractivity contribution in [2.45, 2.75) is 40.2 Å². The highest BCUT2D eigenvalue weighted by Crippen LogP contribution is 2.15. The van der Waals surface area contributed by atoms with Crippen molar-refractivity contribution in [3.05, 3.63) is 0 Å². The molecule has 3 nitrogen and oxygen atoms in total.